The van der Waals surface area contributed by atoms with Gasteiger partial charge in [0.05, 0.1) is 5.56 Å². The van der Waals surface area contributed by atoms with Crippen molar-refractivity contribution in [3.05, 3.63) is 29.6 Å². The van der Waals surface area contributed by atoms with Gasteiger partial charge in [-0.15, -0.1) is 0 Å². The number of nitrogens with two attached hydrogens (primary N) is 1. The average molecular weight is 279 g/mol. The van der Waals surface area contributed by atoms with E-state index in [2.05, 4.69) is 10.6 Å². The van der Waals surface area contributed by atoms with Crippen LogP contribution in [-0.4, -0.2) is 24.4 Å². The Kier molecular flexibility index (Phi) is 4.34. The number of hydrogen-bond donors (Lipinski definition) is 3. The normalized spacial score (nSPS) is 15.6. The van der Waals surface area contributed by atoms with Crippen molar-refractivity contribution in [3.8, 4) is 0 Å². The van der Waals surface area contributed by atoms with Crippen LogP contribution in [0.4, 0.5) is 10.1 Å². The molecule has 1 saturated carbocycles. The molecule has 5 nitrogen and oxygen atoms in total. The first-order chi connectivity index (χ1) is 9.47. The minimum Gasteiger partial charge on any atom is -0.350 e. The van der Waals surface area contributed by atoms with E-state index in [0.717, 1.165) is 18.9 Å². The summed E-state index contributed by atoms with van der Waals surface area (Å²) >= 11 is 0. The topological polar surface area (TPSA) is 84.2 Å². The van der Waals surface area contributed by atoms with Gasteiger partial charge in [-0.3, -0.25) is 9.59 Å². The van der Waals surface area contributed by atoms with Crippen LogP contribution >= 0.6 is 0 Å². The second kappa shape index (κ2) is 6.00. The number of rotatable bonds is 5. The Balaban J connectivity index is 2.01. The third-order valence-electron chi connectivity index (χ3n) is 3.26. The fourth-order valence-electron chi connectivity index (χ4n) is 1.98. The van der Waals surface area contributed by atoms with Gasteiger partial charge in [0.15, 0.2) is 0 Å². The molecular formula is C14H18FN3O2. The average Bonchev–Trinajstić information content (AvgIpc) is 3.21. The largest absolute Gasteiger partial charge is 0.350 e. The molecule has 1 aliphatic rings. The maximum absolute atomic E-state index is 13.6. The van der Waals surface area contributed by atoms with E-state index in [4.69, 9.17) is 5.73 Å². The Morgan fingerprint density at radius 1 is 1.45 bits per heavy atom. The number of halogens is 1. The maximum atomic E-state index is 13.6. The molecule has 6 heteroatoms. The zero-order valence-electron chi connectivity index (χ0n) is 11.3. The summed E-state index contributed by atoms with van der Waals surface area (Å²) in [6.45, 7) is 1.67. The monoisotopic (exact) mass is 279 g/mol. The highest BCUT2D eigenvalue weighted by Crippen LogP contribution is 2.31. The predicted octanol–water partition coefficient (Wildman–Crippen LogP) is 1.25. The Hall–Kier alpha value is -1.95. The van der Waals surface area contributed by atoms with Crippen LogP contribution in [0, 0.1) is 11.7 Å². The van der Waals surface area contributed by atoms with Crippen molar-refractivity contribution in [2.75, 3.05) is 11.9 Å². The molecule has 0 saturated heterocycles. The smallest absolute Gasteiger partial charge is 0.254 e. The Morgan fingerprint density at radius 2 is 2.15 bits per heavy atom. The zero-order valence-corrected chi connectivity index (χ0v) is 11.3. The molecule has 2 amide bonds. The summed E-state index contributed by atoms with van der Waals surface area (Å²) in [5.74, 6) is -0.966. The van der Waals surface area contributed by atoms with E-state index in [0.29, 0.717) is 18.2 Å². The molecule has 1 aromatic carbocycles. The molecule has 0 bridgehead atoms. The number of hydrogen-bond acceptors (Lipinski definition) is 3. The van der Waals surface area contributed by atoms with Crippen molar-refractivity contribution in [3.63, 3.8) is 0 Å². The highest BCUT2D eigenvalue weighted by molar-refractivity contribution is 5.97. The first kappa shape index (κ1) is 14.5. The molecule has 2 rings (SSSR count). The molecule has 20 heavy (non-hydrogen) atoms. The van der Waals surface area contributed by atoms with Gasteiger partial charge in [0.1, 0.15) is 5.82 Å². The second-order valence-corrected chi connectivity index (χ2v) is 5.09. The minimum absolute atomic E-state index is 0.0828. The molecule has 1 unspecified atom stereocenters. The lowest BCUT2D eigenvalue weighted by atomic mass is 10.1. The van der Waals surface area contributed by atoms with Crippen LogP contribution in [-0.2, 0) is 4.79 Å². The van der Waals surface area contributed by atoms with Crippen molar-refractivity contribution in [2.45, 2.75) is 25.8 Å². The van der Waals surface area contributed by atoms with Crippen LogP contribution in [0.5, 0.6) is 0 Å². The molecule has 1 atom stereocenters. The summed E-state index contributed by atoms with van der Waals surface area (Å²) in [7, 11) is 0. The molecule has 0 aromatic heterocycles. The van der Waals surface area contributed by atoms with E-state index in [1.54, 1.807) is 0 Å². The maximum Gasteiger partial charge on any atom is 0.254 e. The summed E-state index contributed by atoms with van der Waals surface area (Å²) in [5, 5.41) is 5.13. The summed E-state index contributed by atoms with van der Waals surface area (Å²) in [5.41, 5.74) is 6.16. The van der Waals surface area contributed by atoms with E-state index < -0.39 is 11.7 Å². The van der Waals surface area contributed by atoms with Crippen molar-refractivity contribution in [1.29, 1.82) is 0 Å². The Labute approximate surface area is 116 Å². The van der Waals surface area contributed by atoms with Crippen LogP contribution in [0.1, 0.15) is 30.1 Å². The van der Waals surface area contributed by atoms with E-state index in [9.17, 15) is 14.0 Å². The summed E-state index contributed by atoms with van der Waals surface area (Å²) in [4.78, 5) is 22.9. The molecule has 0 spiro atoms. The van der Waals surface area contributed by atoms with Crippen LogP contribution in [0.25, 0.3) is 0 Å². The number of nitrogens with one attached hydrogen (secondary N) is 2. The van der Waals surface area contributed by atoms with Crippen molar-refractivity contribution in [2.24, 2.45) is 11.7 Å². The first-order valence-corrected chi connectivity index (χ1v) is 6.58. The molecule has 0 aliphatic heterocycles. The molecule has 0 heterocycles. The third kappa shape index (κ3) is 3.77. The van der Waals surface area contributed by atoms with Gasteiger partial charge in [-0.25, -0.2) is 4.39 Å². The zero-order chi connectivity index (χ0) is 14.7. The van der Waals surface area contributed by atoms with E-state index in [1.165, 1.54) is 19.1 Å². The molecule has 4 N–H and O–H groups in total. The van der Waals surface area contributed by atoms with Crippen molar-refractivity contribution < 1.29 is 14.0 Å². The lowest BCUT2D eigenvalue weighted by Crippen LogP contribution is -2.38. The third-order valence-corrected chi connectivity index (χ3v) is 3.26. The number of carbonyl (C=O) groups is 2. The van der Waals surface area contributed by atoms with Gasteiger partial charge in [0.25, 0.3) is 5.91 Å². The van der Waals surface area contributed by atoms with Gasteiger partial charge in [0, 0.05) is 25.2 Å². The highest BCUT2D eigenvalue weighted by atomic mass is 19.1. The Morgan fingerprint density at radius 3 is 2.75 bits per heavy atom. The fraction of sp³-hybridized carbons (Fsp3) is 0.429. The number of amides is 2. The summed E-state index contributed by atoms with van der Waals surface area (Å²) < 4.78 is 13.6. The van der Waals surface area contributed by atoms with Crippen LogP contribution < -0.4 is 16.4 Å². The molecule has 0 radical (unpaired) electrons. The lowest BCUT2D eigenvalue weighted by molar-refractivity contribution is -0.114. The predicted molar refractivity (Wildman–Crippen MR) is 73.7 cm³/mol. The first-order valence-electron chi connectivity index (χ1n) is 6.58. The lowest BCUT2D eigenvalue weighted by Gasteiger charge is -2.12. The molecule has 108 valence electrons. The van der Waals surface area contributed by atoms with Gasteiger partial charge in [-0.1, -0.05) is 0 Å². The van der Waals surface area contributed by atoms with Gasteiger partial charge >= 0.3 is 0 Å². The van der Waals surface area contributed by atoms with E-state index >= 15 is 0 Å². The van der Waals surface area contributed by atoms with E-state index in [1.807, 2.05) is 0 Å². The van der Waals surface area contributed by atoms with Gasteiger partial charge in [0.2, 0.25) is 5.91 Å². The number of benzene rings is 1. The van der Waals surface area contributed by atoms with Crippen molar-refractivity contribution >= 4 is 17.5 Å². The van der Waals surface area contributed by atoms with Gasteiger partial charge in [-0.2, -0.15) is 0 Å². The van der Waals surface area contributed by atoms with Crippen LogP contribution in [0.2, 0.25) is 0 Å². The quantitative estimate of drug-likeness (QED) is 0.758. The standard InChI is InChI=1S/C14H18FN3O2/c1-8(19)18-10-4-5-12(15)11(6-10)14(20)17-7-13(16)9-2-3-9/h4-6,9,13H,2-3,7,16H2,1H3,(H,17,20)(H,18,19). The van der Waals surface area contributed by atoms with Crippen LogP contribution in [0.15, 0.2) is 18.2 Å². The molecule has 1 aromatic rings. The molecule has 1 fully saturated rings. The van der Waals surface area contributed by atoms with Crippen LogP contribution in [0.3, 0.4) is 0 Å². The van der Waals surface area contributed by atoms with Gasteiger partial charge < -0.3 is 16.4 Å². The van der Waals surface area contributed by atoms with E-state index in [-0.39, 0.29) is 17.5 Å². The summed E-state index contributed by atoms with van der Waals surface area (Å²) in [6, 6.07) is 3.79. The SMILES string of the molecule is CC(=O)Nc1ccc(F)c(C(=O)NCC(N)C2CC2)c1. The van der Waals surface area contributed by atoms with Gasteiger partial charge in [-0.05, 0) is 37.0 Å². The Bertz CT molecular complexity index is 529. The van der Waals surface area contributed by atoms with Crippen molar-refractivity contribution in [1.82, 2.24) is 5.32 Å². The highest BCUT2D eigenvalue weighted by Gasteiger charge is 2.28. The molecular weight excluding hydrogens is 261 g/mol. The summed E-state index contributed by atoms with van der Waals surface area (Å²) in [6.07, 6.45) is 2.17. The molecule has 1 aliphatic carbocycles. The number of carbonyl (C=O) groups excluding carboxylic acids is 2. The second-order valence-electron chi connectivity index (χ2n) is 5.09. The minimum atomic E-state index is -0.628. The number of anilines is 1. The fourth-order valence-corrected chi connectivity index (χ4v) is 1.98.